The van der Waals surface area contributed by atoms with Gasteiger partial charge < -0.3 is 9.64 Å². The van der Waals surface area contributed by atoms with Crippen molar-refractivity contribution in [2.45, 2.75) is 20.0 Å². The Labute approximate surface area is 94.2 Å². The lowest BCUT2D eigenvalue weighted by molar-refractivity contribution is 0.0782. The Kier molecular flexibility index (Phi) is 2.80. The maximum Gasteiger partial charge on any atom is 0.137 e. The molecule has 0 aromatic carbocycles. The Morgan fingerprint density at radius 1 is 1.33 bits per heavy atom. The minimum absolute atomic E-state index is 0.318. The zero-order valence-corrected chi connectivity index (χ0v) is 9.88. The first kappa shape index (κ1) is 10.6. The van der Waals surface area contributed by atoms with Gasteiger partial charge in [-0.05, 0) is 13.8 Å². The Morgan fingerprint density at radius 3 is 2.60 bits per heavy atom. The number of anilines is 1. The van der Waals surface area contributed by atoms with Crippen LogP contribution in [0.4, 0.5) is 5.82 Å². The van der Waals surface area contributed by atoms with Crippen LogP contribution in [0.3, 0.4) is 0 Å². The van der Waals surface area contributed by atoms with Crippen molar-refractivity contribution in [3.05, 3.63) is 16.5 Å². The molecule has 15 heavy (non-hydrogen) atoms. The Balaban J connectivity index is 2.22. The van der Waals surface area contributed by atoms with Gasteiger partial charge in [-0.25, -0.2) is 9.97 Å². The molecule has 0 spiro atoms. The van der Waals surface area contributed by atoms with Gasteiger partial charge in [-0.1, -0.05) is 11.6 Å². The number of halogens is 1. The zero-order chi connectivity index (χ0) is 11.0. The van der Waals surface area contributed by atoms with Crippen LogP contribution in [0.15, 0.2) is 0 Å². The molecule has 0 unspecified atom stereocenters. The molecule has 0 saturated carbocycles. The molecular formula is C10H14ClN3O. The van der Waals surface area contributed by atoms with Gasteiger partial charge in [0.1, 0.15) is 16.8 Å². The molecule has 2 heterocycles. The van der Waals surface area contributed by atoms with Crippen molar-refractivity contribution in [3.8, 4) is 0 Å². The molecule has 1 aromatic rings. The molecule has 82 valence electrons. The standard InChI is InChI=1S/C10H14ClN3O/c1-6-9(11)12-7(2)13-10(6)14-4-8(5-14)15-3/h8H,4-5H2,1-3H3. The van der Waals surface area contributed by atoms with Crippen molar-refractivity contribution >= 4 is 17.4 Å². The number of aryl methyl sites for hydroxylation is 1. The number of hydrogen-bond acceptors (Lipinski definition) is 4. The molecule has 5 heteroatoms. The second-order valence-electron chi connectivity index (χ2n) is 3.77. The number of rotatable bonds is 2. The van der Waals surface area contributed by atoms with Crippen LogP contribution in [0.2, 0.25) is 5.15 Å². The Bertz CT molecular complexity index is 377. The van der Waals surface area contributed by atoms with E-state index in [2.05, 4.69) is 14.9 Å². The highest BCUT2D eigenvalue weighted by Crippen LogP contribution is 2.27. The van der Waals surface area contributed by atoms with Gasteiger partial charge in [0.2, 0.25) is 0 Å². The van der Waals surface area contributed by atoms with E-state index in [1.807, 2.05) is 13.8 Å². The van der Waals surface area contributed by atoms with E-state index in [9.17, 15) is 0 Å². The summed E-state index contributed by atoms with van der Waals surface area (Å²) < 4.78 is 5.22. The Morgan fingerprint density at radius 2 is 2.00 bits per heavy atom. The van der Waals surface area contributed by atoms with E-state index in [-0.39, 0.29) is 0 Å². The second kappa shape index (κ2) is 3.94. The third kappa shape index (κ3) is 1.92. The van der Waals surface area contributed by atoms with E-state index in [0.717, 1.165) is 24.5 Å². The van der Waals surface area contributed by atoms with Crippen molar-refractivity contribution in [1.82, 2.24) is 9.97 Å². The molecule has 0 amide bonds. The molecular weight excluding hydrogens is 214 g/mol. The molecule has 0 bridgehead atoms. The van der Waals surface area contributed by atoms with E-state index < -0.39 is 0 Å². The van der Waals surface area contributed by atoms with Gasteiger partial charge in [0, 0.05) is 25.8 Å². The summed E-state index contributed by atoms with van der Waals surface area (Å²) in [5.74, 6) is 1.64. The fourth-order valence-electron chi connectivity index (χ4n) is 1.65. The molecule has 0 radical (unpaired) electrons. The average Bonchev–Trinajstić information content (AvgIpc) is 2.11. The molecule has 4 nitrogen and oxygen atoms in total. The highest BCUT2D eigenvalue weighted by Gasteiger charge is 2.29. The summed E-state index contributed by atoms with van der Waals surface area (Å²) >= 11 is 6.01. The second-order valence-corrected chi connectivity index (χ2v) is 4.13. The van der Waals surface area contributed by atoms with Crippen LogP contribution in [-0.4, -0.2) is 36.3 Å². The normalized spacial score (nSPS) is 16.7. The predicted molar refractivity (Wildman–Crippen MR) is 59.5 cm³/mol. The summed E-state index contributed by atoms with van der Waals surface area (Å²) in [6, 6.07) is 0. The van der Waals surface area contributed by atoms with Gasteiger partial charge in [-0.15, -0.1) is 0 Å². The van der Waals surface area contributed by atoms with Crippen LogP contribution in [0, 0.1) is 13.8 Å². The fraction of sp³-hybridized carbons (Fsp3) is 0.600. The largest absolute Gasteiger partial charge is 0.378 e. The molecule has 1 fully saturated rings. The molecule has 1 aliphatic rings. The first-order chi connectivity index (χ1) is 7.11. The quantitative estimate of drug-likeness (QED) is 0.720. The van der Waals surface area contributed by atoms with E-state index >= 15 is 0 Å². The molecule has 1 aromatic heterocycles. The minimum Gasteiger partial charge on any atom is -0.378 e. The van der Waals surface area contributed by atoms with E-state index in [4.69, 9.17) is 16.3 Å². The summed E-state index contributed by atoms with van der Waals surface area (Å²) in [6.07, 6.45) is 0.318. The molecule has 0 aliphatic carbocycles. The summed E-state index contributed by atoms with van der Waals surface area (Å²) in [6.45, 7) is 5.55. The summed E-state index contributed by atoms with van der Waals surface area (Å²) in [4.78, 5) is 10.7. The van der Waals surface area contributed by atoms with Gasteiger partial charge in [-0.2, -0.15) is 0 Å². The fourth-order valence-corrected chi connectivity index (χ4v) is 1.86. The zero-order valence-electron chi connectivity index (χ0n) is 9.12. The highest BCUT2D eigenvalue weighted by molar-refractivity contribution is 6.30. The summed E-state index contributed by atoms with van der Waals surface area (Å²) in [7, 11) is 1.73. The summed E-state index contributed by atoms with van der Waals surface area (Å²) in [5.41, 5.74) is 0.941. The smallest absolute Gasteiger partial charge is 0.137 e. The molecule has 1 saturated heterocycles. The Hall–Kier alpha value is -0.870. The number of ether oxygens (including phenoxy) is 1. The maximum absolute atomic E-state index is 6.01. The van der Waals surface area contributed by atoms with Gasteiger partial charge in [0.25, 0.3) is 0 Å². The van der Waals surface area contributed by atoms with E-state index in [1.165, 1.54) is 0 Å². The predicted octanol–water partition coefficient (Wildman–Crippen LogP) is 1.58. The van der Waals surface area contributed by atoms with Crippen molar-refractivity contribution in [3.63, 3.8) is 0 Å². The van der Waals surface area contributed by atoms with Crippen LogP contribution in [0.1, 0.15) is 11.4 Å². The SMILES string of the molecule is COC1CN(c2nc(C)nc(Cl)c2C)C1. The molecule has 1 aliphatic heterocycles. The number of methoxy groups -OCH3 is 1. The molecule has 0 N–H and O–H groups in total. The topological polar surface area (TPSA) is 38.2 Å². The van der Waals surface area contributed by atoms with Crippen LogP contribution < -0.4 is 4.90 Å². The van der Waals surface area contributed by atoms with Crippen LogP contribution >= 0.6 is 11.6 Å². The van der Waals surface area contributed by atoms with Crippen molar-refractivity contribution in [2.24, 2.45) is 0 Å². The van der Waals surface area contributed by atoms with Crippen LogP contribution in [0.5, 0.6) is 0 Å². The van der Waals surface area contributed by atoms with Crippen molar-refractivity contribution in [2.75, 3.05) is 25.1 Å². The molecule has 2 rings (SSSR count). The van der Waals surface area contributed by atoms with Gasteiger partial charge in [0.15, 0.2) is 0 Å². The number of aromatic nitrogens is 2. The first-order valence-electron chi connectivity index (χ1n) is 4.90. The molecule has 0 atom stereocenters. The summed E-state index contributed by atoms with van der Waals surface area (Å²) in [5, 5.41) is 0.540. The first-order valence-corrected chi connectivity index (χ1v) is 5.28. The monoisotopic (exact) mass is 227 g/mol. The lowest BCUT2D eigenvalue weighted by Gasteiger charge is -2.39. The van der Waals surface area contributed by atoms with Crippen LogP contribution in [-0.2, 0) is 4.74 Å². The van der Waals surface area contributed by atoms with Crippen molar-refractivity contribution < 1.29 is 4.74 Å². The average molecular weight is 228 g/mol. The maximum atomic E-state index is 6.01. The third-order valence-electron chi connectivity index (χ3n) is 2.65. The van der Waals surface area contributed by atoms with E-state index in [0.29, 0.717) is 17.1 Å². The minimum atomic E-state index is 0.318. The van der Waals surface area contributed by atoms with Gasteiger partial charge >= 0.3 is 0 Å². The van der Waals surface area contributed by atoms with E-state index in [1.54, 1.807) is 7.11 Å². The lowest BCUT2D eigenvalue weighted by atomic mass is 10.1. The third-order valence-corrected chi connectivity index (χ3v) is 3.02. The van der Waals surface area contributed by atoms with Gasteiger partial charge in [-0.3, -0.25) is 0 Å². The lowest BCUT2D eigenvalue weighted by Crippen LogP contribution is -2.52. The number of hydrogen-bond donors (Lipinski definition) is 0. The van der Waals surface area contributed by atoms with Crippen molar-refractivity contribution in [1.29, 1.82) is 0 Å². The van der Waals surface area contributed by atoms with Crippen LogP contribution in [0.25, 0.3) is 0 Å². The highest BCUT2D eigenvalue weighted by atomic mass is 35.5. The van der Waals surface area contributed by atoms with Gasteiger partial charge in [0.05, 0.1) is 6.10 Å². The number of nitrogens with zero attached hydrogens (tertiary/aromatic N) is 3.